The van der Waals surface area contributed by atoms with E-state index in [1.807, 2.05) is 48.1 Å². The van der Waals surface area contributed by atoms with Crippen molar-refractivity contribution in [2.45, 2.75) is 6.54 Å². The molecule has 0 spiro atoms. The summed E-state index contributed by atoms with van der Waals surface area (Å²) in [6.07, 6.45) is 3.76. The van der Waals surface area contributed by atoms with Crippen LogP contribution in [0.4, 0.5) is 0 Å². The first-order chi connectivity index (χ1) is 6.68. The molecule has 0 bridgehead atoms. The second kappa shape index (κ2) is 5.44. The Morgan fingerprint density at radius 2 is 2.00 bits per heavy atom. The fourth-order valence-corrected chi connectivity index (χ4v) is 1.12. The van der Waals surface area contributed by atoms with Gasteiger partial charge in [0.25, 0.3) is 0 Å². The third kappa shape index (κ3) is 4.09. The lowest BCUT2D eigenvalue weighted by atomic mass is 10.5. The fraction of sp³-hybridized carbons (Fsp3) is 0.500. The molecule has 0 aromatic carbocycles. The number of carbonyl (C=O) groups is 1. The zero-order chi connectivity index (χ0) is 10.4. The van der Waals surface area contributed by atoms with Crippen molar-refractivity contribution >= 4 is 5.91 Å². The predicted octanol–water partition coefficient (Wildman–Crippen LogP) is 0.166. The third-order valence-electron chi connectivity index (χ3n) is 1.87. The molecule has 0 saturated heterocycles. The van der Waals surface area contributed by atoms with Crippen LogP contribution in [0.2, 0.25) is 0 Å². The summed E-state index contributed by atoms with van der Waals surface area (Å²) >= 11 is 0. The second-order valence-electron chi connectivity index (χ2n) is 3.51. The van der Waals surface area contributed by atoms with Crippen LogP contribution in [0.15, 0.2) is 24.5 Å². The molecule has 1 aromatic heterocycles. The van der Waals surface area contributed by atoms with Crippen molar-refractivity contribution in [1.29, 1.82) is 0 Å². The highest BCUT2D eigenvalue weighted by molar-refractivity contribution is 5.75. The first kappa shape index (κ1) is 10.8. The minimum Gasteiger partial charge on any atom is -0.353 e. The summed E-state index contributed by atoms with van der Waals surface area (Å²) in [5.74, 6) is 0.0584. The van der Waals surface area contributed by atoms with E-state index in [4.69, 9.17) is 0 Å². The summed E-state index contributed by atoms with van der Waals surface area (Å²) in [5, 5.41) is 2.85. The Morgan fingerprint density at radius 3 is 2.57 bits per heavy atom. The Kier molecular flexibility index (Phi) is 4.19. The highest BCUT2D eigenvalue weighted by Gasteiger charge is 2.00. The van der Waals surface area contributed by atoms with E-state index in [1.54, 1.807) is 0 Å². The minimum absolute atomic E-state index is 0.0584. The van der Waals surface area contributed by atoms with Crippen molar-refractivity contribution in [3.8, 4) is 0 Å². The van der Waals surface area contributed by atoms with Crippen molar-refractivity contribution in [3.63, 3.8) is 0 Å². The van der Waals surface area contributed by atoms with Gasteiger partial charge < -0.3 is 14.8 Å². The van der Waals surface area contributed by atoms with Crippen molar-refractivity contribution in [2.75, 3.05) is 27.2 Å². The van der Waals surface area contributed by atoms with Gasteiger partial charge in [-0.05, 0) is 26.2 Å². The van der Waals surface area contributed by atoms with Crippen LogP contribution in [-0.4, -0.2) is 42.6 Å². The Balaban J connectivity index is 2.17. The maximum absolute atomic E-state index is 11.3. The summed E-state index contributed by atoms with van der Waals surface area (Å²) in [6, 6.07) is 3.82. The molecular formula is C10H17N3O. The third-order valence-corrected chi connectivity index (χ3v) is 1.87. The normalized spacial score (nSPS) is 10.5. The van der Waals surface area contributed by atoms with E-state index in [0.717, 1.165) is 6.54 Å². The number of aromatic nitrogens is 1. The Bertz CT molecular complexity index is 267. The number of nitrogens with one attached hydrogen (secondary N) is 1. The van der Waals surface area contributed by atoms with E-state index in [9.17, 15) is 4.79 Å². The van der Waals surface area contributed by atoms with E-state index in [0.29, 0.717) is 13.1 Å². The van der Waals surface area contributed by atoms with Crippen molar-refractivity contribution < 1.29 is 4.79 Å². The van der Waals surface area contributed by atoms with Gasteiger partial charge in [0.1, 0.15) is 6.54 Å². The van der Waals surface area contributed by atoms with Gasteiger partial charge in [0.15, 0.2) is 0 Å². The lowest BCUT2D eigenvalue weighted by Crippen LogP contribution is -2.33. The summed E-state index contributed by atoms with van der Waals surface area (Å²) < 4.78 is 1.85. The van der Waals surface area contributed by atoms with Crippen LogP contribution in [0.5, 0.6) is 0 Å². The highest BCUT2D eigenvalue weighted by Crippen LogP contribution is 1.88. The first-order valence-corrected chi connectivity index (χ1v) is 4.70. The van der Waals surface area contributed by atoms with Crippen LogP contribution in [0.3, 0.4) is 0 Å². The number of hydrogen-bond donors (Lipinski definition) is 1. The summed E-state index contributed by atoms with van der Waals surface area (Å²) in [7, 11) is 3.97. The number of hydrogen-bond acceptors (Lipinski definition) is 2. The number of nitrogens with zero attached hydrogens (tertiary/aromatic N) is 2. The van der Waals surface area contributed by atoms with Crippen molar-refractivity contribution in [1.82, 2.24) is 14.8 Å². The van der Waals surface area contributed by atoms with Gasteiger partial charge in [-0.3, -0.25) is 4.79 Å². The van der Waals surface area contributed by atoms with Crippen LogP contribution in [0, 0.1) is 0 Å². The maximum atomic E-state index is 11.3. The van der Waals surface area contributed by atoms with Gasteiger partial charge in [-0.25, -0.2) is 0 Å². The average molecular weight is 195 g/mol. The molecule has 0 atom stereocenters. The van der Waals surface area contributed by atoms with E-state index in [1.165, 1.54) is 0 Å². The van der Waals surface area contributed by atoms with Gasteiger partial charge in [-0.1, -0.05) is 0 Å². The quantitative estimate of drug-likeness (QED) is 0.727. The molecule has 0 aliphatic rings. The monoisotopic (exact) mass is 195 g/mol. The largest absolute Gasteiger partial charge is 0.353 e. The zero-order valence-corrected chi connectivity index (χ0v) is 8.73. The van der Waals surface area contributed by atoms with Crippen LogP contribution in [0.1, 0.15) is 0 Å². The smallest absolute Gasteiger partial charge is 0.239 e. The number of likely N-dealkylation sites (N-methyl/N-ethyl adjacent to an activating group) is 1. The molecule has 0 aliphatic heterocycles. The van der Waals surface area contributed by atoms with E-state index < -0.39 is 0 Å². The lowest BCUT2D eigenvalue weighted by Gasteiger charge is -2.10. The molecule has 4 nitrogen and oxygen atoms in total. The lowest BCUT2D eigenvalue weighted by molar-refractivity contribution is -0.121. The van der Waals surface area contributed by atoms with Gasteiger partial charge in [-0.2, -0.15) is 0 Å². The van der Waals surface area contributed by atoms with E-state index in [-0.39, 0.29) is 5.91 Å². The molecule has 14 heavy (non-hydrogen) atoms. The van der Waals surface area contributed by atoms with Crippen LogP contribution < -0.4 is 5.32 Å². The Hall–Kier alpha value is -1.29. The van der Waals surface area contributed by atoms with Gasteiger partial charge in [0.05, 0.1) is 0 Å². The minimum atomic E-state index is 0.0584. The summed E-state index contributed by atoms with van der Waals surface area (Å²) in [5.41, 5.74) is 0. The van der Waals surface area contributed by atoms with E-state index >= 15 is 0 Å². The molecule has 0 fully saturated rings. The molecule has 0 radical (unpaired) electrons. The number of carbonyl (C=O) groups excluding carboxylic acids is 1. The molecule has 0 saturated carbocycles. The molecule has 1 aromatic rings. The maximum Gasteiger partial charge on any atom is 0.239 e. The number of rotatable bonds is 5. The molecule has 0 aliphatic carbocycles. The fourth-order valence-electron chi connectivity index (χ4n) is 1.12. The van der Waals surface area contributed by atoms with Gasteiger partial charge in [-0.15, -0.1) is 0 Å². The summed E-state index contributed by atoms with van der Waals surface area (Å²) in [4.78, 5) is 13.4. The zero-order valence-electron chi connectivity index (χ0n) is 8.73. The molecule has 1 amide bonds. The van der Waals surface area contributed by atoms with Gasteiger partial charge >= 0.3 is 0 Å². The molecule has 78 valence electrons. The molecular weight excluding hydrogens is 178 g/mol. The van der Waals surface area contributed by atoms with Gasteiger partial charge in [0, 0.05) is 25.5 Å². The first-order valence-electron chi connectivity index (χ1n) is 4.70. The molecule has 1 rings (SSSR count). The van der Waals surface area contributed by atoms with Gasteiger partial charge in [0.2, 0.25) is 5.91 Å². The van der Waals surface area contributed by atoms with Crippen LogP contribution >= 0.6 is 0 Å². The van der Waals surface area contributed by atoms with Crippen LogP contribution in [0.25, 0.3) is 0 Å². The topological polar surface area (TPSA) is 37.3 Å². The number of amides is 1. The summed E-state index contributed by atoms with van der Waals surface area (Å²) in [6.45, 7) is 1.98. The van der Waals surface area contributed by atoms with E-state index in [2.05, 4.69) is 5.32 Å². The standard InChI is InChI=1S/C10H17N3O/c1-12(2)8-5-11-10(14)9-13-6-3-4-7-13/h3-4,6-7H,5,8-9H2,1-2H3,(H,11,14). The van der Waals surface area contributed by atoms with Crippen molar-refractivity contribution in [2.24, 2.45) is 0 Å². The van der Waals surface area contributed by atoms with Crippen molar-refractivity contribution in [3.05, 3.63) is 24.5 Å². The highest BCUT2D eigenvalue weighted by atomic mass is 16.1. The average Bonchev–Trinajstić information content (AvgIpc) is 2.56. The molecule has 0 unspecified atom stereocenters. The Morgan fingerprint density at radius 1 is 1.36 bits per heavy atom. The van der Waals surface area contributed by atoms with Crippen LogP contribution in [-0.2, 0) is 11.3 Å². The molecule has 1 N–H and O–H groups in total. The molecule has 4 heteroatoms. The second-order valence-corrected chi connectivity index (χ2v) is 3.51. The predicted molar refractivity (Wildman–Crippen MR) is 56.0 cm³/mol. The SMILES string of the molecule is CN(C)CCNC(=O)Cn1cccc1. The Labute approximate surface area is 84.5 Å². The molecule has 1 heterocycles.